The number of fused-ring (bicyclic) bond motifs is 1. The van der Waals surface area contributed by atoms with E-state index >= 15 is 0 Å². The van der Waals surface area contributed by atoms with Crippen molar-refractivity contribution in [2.75, 3.05) is 25.0 Å². The Labute approximate surface area is 145 Å². The Bertz CT molecular complexity index is 850. The van der Waals surface area contributed by atoms with Crippen LogP contribution >= 0.6 is 0 Å². The van der Waals surface area contributed by atoms with Crippen LogP contribution in [0.1, 0.15) is 5.56 Å². The number of benzene rings is 1. The third kappa shape index (κ3) is 3.79. The van der Waals surface area contributed by atoms with E-state index in [1.165, 1.54) is 18.3 Å². The predicted molar refractivity (Wildman–Crippen MR) is 86.8 cm³/mol. The molecule has 0 aliphatic carbocycles. The Balaban J connectivity index is 1.65. The lowest BCUT2D eigenvalue weighted by Crippen LogP contribution is -2.61. The first-order chi connectivity index (χ1) is 12.2. The largest absolute Gasteiger partial charge is 0.465 e. The number of rotatable bonds is 4. The molecule has 0 bridgehead atoms. The van der Waals surface area contributed by atoms with Gasteiger partial charge in [0.25, 0.3) is 0 Å². The van der Waals surface area contributed by atoms with Crippen LogP contribution in [0.25, 0.3) is 10.9 Å². The normalized spacial score (nSPS) is 14.8. The van der Waals surface area contributed by atoms with E-state index in [2.05, 4.69) is 15.6 Å². The second-order valence-corrected chi connectivity index (χ2v) is 5.89. The third-order valence-corrected chi connectivity index (χ3v) is 4.03. The molecule has 26 heavy (non-hydrogen) atoms. The van der Waals surface area contributed by atoms with Crippen molar-refractivity contribution < 1.29 is 27.9 Å². The van der Waals surface area contributed by atoms with Crippen LogP contribution in [-0.4, -0.2) is 52.7 Å². The molecule has 1 aromatic heterocycles. The molecule has 1 aromatic carbocycles. The van der Waals surface area contributed by atoms with E-state index in [0.717, 1.165) is 17.0 Å². The molecule has 0 spiro atoms. The first-order valence-corrected chi connectivity index (χ1v) is 7.71. The van der Waals surface area contributed by atoms with Gasteiger partial charge in [0, 0.05) is 30.4 Å². The fraction of sp³-hybridized carbons (Fsp3) is 0.312. The van der Waals surface area contributed by atoms with Crippen LogP contribution in [0.15, 0.2) is 30.5 Å². The maximum absolute atomic E-state index is 12.9. The summed E-state index contributed by atoms with van der Waals surface area (Å²) in [6.07, 6.45) is -4.08. The van der Waals surface area contributed by atoms with Crippen LogP contribution < -0.4 is 10.6 Å². The molecule has 1 fully saturated rings. The smallest absolute Gasteiger partial charge is 0.416 e. The maximum Gasteiger partial charge on any atom is 0.416 e. The van der Waals surface area contributed by atoms with Gasteiger partial charge in [-0.3, -0.25) is 9.78 Å². The summed E-state index contributed by atoms with van der Waals surface area (Å²) in [7, 11) is 0. The van der Waals surface area contributed by atoms with Gasteiger partial charge in [0.1, 0.15) is 0 Å². The van der Waals surface area contributed by atoms with Crippen molar-refractivity contribution in [2.24, 2.45) is 0 Å². The highest BCUT2D eigenvalue weighted by atomic mass is 19.4. The van der Waals surface area contributed by atoms with Gasteiger partial charge in [-0.05, 0) is 24.3 Å². The summed E-state index contributed by atoms with van der Waals surface area (Å²) in [5.41, 5.74) is -0.0646. The molecule has 0 unspecified atom stereocenters. The quantitative estimate of drug-likeness (QED) is 0.769. The Morgan fingerprint density at radius 2 is 2.00 bits per heavy atom. The minimum Gasteiger partial charge on any atom is -0.465 e. The zero-order valence-corrected chi connectivity index (χ0v) is 13.4. The van der Waals surface area contributed by atoms with Gasteiger partial charge in [0.15, 0.2) is 0 Å². The van der Waals surface area contributed by atoms with E-state index in [0.29, 0.717) is 11.2 Å². The molecule has 138 valence electrons. The van der Waals surface area contributed by atoms with Gasteiger partial charge < -0.3 is 20.6 Å². The SMILES string of the molecule is O=C(CNc1ccnc2ccc(C(F)(F)F)cc12)NC1CN(C(=O)O)C1. The maximum atomic E-state index is 12.9. The van der Waals surface area contributed by atoms with Crippen LogP contribution in [0.4, 0.5) is 23.7 Å². The topological polar surface area (TPSA) is 94.6 Å². The number of hydrogen-bond donors (Lipinski definition) is 3. The van der Waals surface area contributed by atoms with Crippen LogP contribution in [0.3, 0.4) is 0 Å². The number of anilines is 1. The number of likely N-dealkylation sites (tertiary alicyclic amines) is 1. The summed E-state index contributed by atoms with van der Waals surface area (Å²) in [5.74, 6) is -0.378. The van der Waals surface area contributed by atoms with Crippen molar-refractivity contribution in [1.29, 1.82) is 0 Å². The first kappa shape index (κ1) is 17.8. The number of carbonyl (C=O) groups is 2. The predicted octanol–water partition coefficient (Wildman–Crippen LogP) is 2.14. The van der Waals surface area contributed by atoms with Gasteiger partial charge in [-0.2, -0.15) is 13.2 Å². The van der Waals surface area contributed by atoms with Crippen molar-refractivity contribution >= 4 is 28.6 Å². The summed E-state index contributed by atoms with van der Waals surface area (Å²) in [5, 5.41) is 14.4. The highest BCUT2D eigenvalue weighted by Gasteiger charge is 2.32. The van der Waals surface area contributed by atoms with Crippen LogP contribution in [0.2, 0.25) is 0 Å². The second kappa shape index (κ2) is 6.70. The van der Waals surface area contributed by atoms with Crippen LogP contribution in [0.5, 0.6) is 0 Å². The summed E-state index contributed by atoms with van der Waals surface area (Å²) in [6, 6.07) is 4.45. The Hall–Kier alpha value is -3.04. The van der Waals surface area contributed by atoms with E-state index in [4.69, 9.17) is 5.11 Å². The molecule has 2 aromatic rings. The third-order valence-electron chi connectivity index (χ3n) is 4.03. The van der Waals surface area contributed by atoms with E-state index in [1.54, 1.807) is 0 Å². The molecule has 2 amide bonds. The van der Waals surface area contributed by atoms with E-state index in [1.807, 2.05) is 0 Å². The summed E-state index contributed by atoms with van der Waals surface area (Å²) >= 11 is 0. The van der Waals surface area contributed by atoms with Crippen molar-refractivity contribution in [3.05, 3.63) is 36.0 Å². The van der Waals surface area contributed by atoms with Gasteiger partial charge in [0.05, 0.1) is 23.7 Å². The van der Waals surface area contributed by atoms with E-state index in [9.17, 15) is 22.8 Å². The lowest BCUT2D eigenvalue weighted by Gasteiger charge is -2.37. The van der Waals surface area contributed by atoms with Gasteiger partial charge in [-0.1, -0.05) is 0 Å². The Kier molecular flexibility index (Phi) is 4.58. The highest BCUT2D eigenvalue weighted by Crippen LogP contribution is 2.33. The average molecular weight is 368 g/mol. The molecule has 0 radical (unpaired) electrons. The number of nitrogens with one attached hydrogen (secondary N) is 2. The molecule has 3 rings (SSSR count). The molecular weight excluding hydrogens is 353 g/mol. The number of pyridine rings is 1. The number of aromatic nitrogens is 1. The van der Waals surface area contributed by atoms with E-state index < -0.39 is 17.8 Å². The van der Waals surface area contributed by atoms with Crippen molar-refractivity contribution in [3.63, 3.8) is 0 Å². The molecule has 1 saturated heterocycles. The Morgan fingerprint density at radius 3 is 2.65 bits per heavy atom. The zero-order valence-electron chi connectivity index (χ0n) is 13.4. The minimum atomic E-state index is -4.47. The van der Waals surface area contributed by atoms with Crippen LogP contribution in [0, 0.1) is 0 Å². The minimum absolute atomic E-state index is 0.154. The average Bonchev–Trinajstić information content (AvgIpc) is 2.54. The second-order valence-electron chi connectivity index (χ2n) is 5.89. The fourth-order valence-electron chi connectivity index (χ4n) is 2.66. The van der Waals surface area contributed by atoms with Crippen molar-refractivity contribution in [1.82, 2.24) is 15.2 Å². The molecule has 1 aliphatic heterocycles. The lowest BCUT2D eigenvalue weighted by molar-refractivity contribution is -0.137. The van der Waals surface area contributed by atoms with Gasteiger partial charge >= 0.3 is 12.3 Å². The van der Waals surface area contributed by atoms with Gasteiger partial charge in [0.2, 0.25) is 5.91 Å². The van der Waals surface area contributed by atoms with Crippen molar-refractivity contribution in [2.45, 2.75) is 12.2 Å². The molecule has 1 aliphatic rings. The molecule has 2 heterocycles. The number of nitrogens with zero attached hydrogens (tertiary/aromatic N) is 2. The van der Waals surface area contributed by atoms with Gasteiger partial charge in [-0.25, -0.2) is 4.79 Å². The van der Waals surface area contributed by atoms with E-state index in [-0.39, 0.29) is 37.0 Å². The van der Waals surface area contributed by atoms with Crippen molar-refractivity contribution in [3.8, 4) is 0 Å². The monoisotopic (exact) mass is 368 g/mol. The summed E-state index contributed by atoms with van der Waals surface area (Å²) in [4.78, 5) is 27.8. The number of carbonyl (C=O) groups excluding carboxylic acids is 1. The molecule has 0 saturated carbocycles. The first-order valence-electron chi connectivity index (χ1n) is 7.71. The summed E-state index contributed by atoms with van der Waals surface area (Å²) < 4.78 is 38.7. The lowest BCUT2D eigenvalue weighted by atomic mass is 10.1. The number of hydrogen-bond acceptors (Lipinski definition) is 4. The molecule has 3 N–H and O–H groups in total. The summed E-state index contributed by atoms with van der Waals surface area (Å²) in [6.45, 7) is 0.279. The molecule has 0 atom stereocenters. The number of amides is 2. The Morgan fingerprint density at radius 1 is 1.27 bits per heavy atom. The molecule has 7 nitrogen and oxygen atoms in total. The standard InChI is InChI=1S/C16H15F3N4O3/c17-16(18,19)9-1-2-12-11(5-9)13(3-4-20-12)21-6-14(24)22-10-7-23(8-10)15(25)26/h1-5,10H,6-8H2,(H,20,21)(H,22,24)(H,25,26). The number of alkyl halides is 3. The number of carboxylic acid groups (broad SMARTS) is 1. The fourth-order valence-corrected chi connectivity index (χ4v) is 2.66. The molecule has 10 heteroatoms. The molecular formula is C16H15F3N4O3. The zero-order chi connectivity index (χ0) is 18.9. The van der Waals surface area contributed by atoms with Crippen LogP contribution in [-0.2, 0) is 11.0 Å². The van der Waals surface area contributed by atoms with Gasteiger partial charge in [-0.15, -0.1) is 0 Å². The number of halogens is 3. The highest BCUT2D eigenvalue weighted by molar-refractivity contribution is 5.93.